The Bertz CT molecular complexity index is 516. The van der Waals surface area contributed by atoms with E-state index in [2.05, 4.69) is 19.2 Å². The summed E-state index contributed by atoms with van der Waals surface area (Å²) < 4.78 is 23.4. The molecule has 2 heterocycles. The summed E-state index contributed by atoms with van der Waals surface area (Å²) in [6.45, 7) is 5.40. The summed E-state index contributed by atoms with van der Waals surface area (Å²) in [6, 6.07) is 4.55. The number of fused-ring (bicyclic) bond motifs is 2. The Morgan fingerprint density at radius 2 is 1.95 bits per heavy atom. The van der Waals surface area contributed by atoms with Crippen LogP contribution in [0.5, 0.6) is 11.5 Å². The average molecular weight is 281 g/mol. The van der Waals surface area contributed by atoms with Gasteiger partial charge in [-0.1, -0.05) is 13.8 Å². The largest absolute Gasteiger partial charge is 0.486 e. The quantitative estimate of drug-likeness (QED) is 0.901. The lowest BCUT2D eigenvalue weighted by atomic mass is 10.0. The van der Waals surface area contributed by atoms with Crippen LogP contribution in [0.2, 0.25) is 0 Å². The second-order valence-corrected chi connectivity index (χ2v) is 6.79. The second kappa shape index (κ2) is 5.13. The minimum Gasteiger partial charge on any atom is -0.486 e. The third kappa shape index (κ3) is 2.49. The lowest BCUT2D eigenvalue weighted by molar-refractivity contribution is 0.170. The van der Waals surface area contributed by atoms with Gasteiger partial charge in [0.2, 0.25) is 0 Å². The molecule has 2 aliphatic heterocycles. The molecule has 0 radical (unpaired) electrons. The smallest absolute Gasteiger partial charge is 0.162 e. The van der Waals surface area contributed by atoms with Crippen LogP contribution >= 0.6 is 0 Å². The Morgan fingerprint density at radius 1 is 1.26 bits per heavy atom. The van der Waals surface area contributed by atoms with Gasteiger partial charge in [-0.15, -0.1) is 0 Å². The molecule has 104 valence electrons. The van der Waals surface area contributed by atoms with Crippen molar-refractivity contribution in [2.75, 3.05) is 19.0 Å². The summed E-state index contributed by atoms with van der Waals surface area (Å²) in [5.41, 5.74) is 1.10. The van der Waals surface area contributed by atoms with Crippen LogP contribution < -0.4 is 14.8 Å². The highest BCUT2D eigenvalue weighted by atomic mass is 32.2. The molecule has 0 saturated carbocycles. The first kappa shape index (κ1) is 12.9. The molecule has 0 amide bonds. The molecular weight excluding hydrogens is 262 g/mol. The maximum absolute atomic E-state index is 12.2. The van der Waals surface area contributed by atoms with Crippen LogP contribution in [0.25, 0.3) is 0 Å². The molecule has 19 heavy (non-hydrogen) atoms. The summed E-state index contributed by atoms with van der Waals surface area (Å²) in [5, 5.41) is 3.53. The molecule has 2 unspecified atom stereocenters. The van der Waals surface area contributed by atoms with Gasteiger partial charge < -0.3 is 14.8 Å². The van der Waals surface area contributed by atoms with Crippen molar-refractivity contribution < 1.29 is 13.7 Å². The van der Waals surface area contributed by atoms with E-state index in [4.69, 9.17) is 9.47 Å². The molecule has 1 aromatic rings. The Kier molecular flexibility index (Phi) is 3.50. The normalized spacial score (nSPS) is 25.2. The highest BCUT2D eigenvalue weighted by molar-refractivity contribution is 7.85. The van der Waals surface area contributed by atoms with E-state index in [1.165, 1.54) is 0 Å². The van der Waals surface area contributed by atoms with E-state index in [0.717, 1.165) is 28.4 Å². The fraction of sp³-hybridized carbons (Fsp3) is 0.571. The molecule has 0 aromatic heterocycles. The van der Waals surface area contributed by atoms with Gasteiger partial charge in [0.05, 0.1) is 10.8 Å². The topological polar surface area (TPSA) is 47.6 Å². The van der Waals surface area contributed by atoms with Gasteiger partial charge in [0.15, 0.2) is 11.5 Å². The van der Waals surface area contributed by atoms with Gasteiger partial charge in [0.1, 0.15) is 13.2 Å². The number of nitrogens with one attached hydrogen (secondary N) is 1. The minimum atomic E-state index is -0.924. The molecule has 2 atom stereocenters. The summed E-state index contributed by atoms with van der Waals surface area (Å²) in [4.78, 5) is 0.897. The average Bonchev–Trinajstić information content (AvgIpc) is 2.40. The van der Waals surface area contributed by atoms with Gasteiger partial charge in [-0.2, -0.15) is 0 Å². The third-order valence-electron chi connectivity index (χ3n) is 3.42. The first-order valence-corrected chi connectivity index (χ1v) is 8.05. The molecule has 0 saturated heterocycles. The second-order valence-electron chi connectivity index (χ2n) is 5.25. The van der Waals surface area contributed by atoms with Gasteiger partial charge in [-0.3, -0.25) is 4.21 Å². The number of ether oxygens (including phenoxy) is 2. The van der Waals surface area contributed by atoms with Crippen molar-refractivity contribution in [2.24, 2.45) is 0 Å². The van der Waals surface area contributed by atoms with E-state index < -0.39 is 10.8 Å². The minimum absolute atomic E-state index is 0.253. The Balaban J connectivity index is 2.02. The number of benzene rings is 1. The zero-order valence-electron chi connectivity index (χ0n) is 11.3. The van der Waals surface area contributed by atoms with Gasteiger partial charge in [-0.25, -0.2) is 0 Å². The summed E-state index contributed by atoms with van der Waals surface area (Å²) in [7, 11) is -0.924. The fourth-order valence-electron chi connectivity index (χ4n) is 2.62. The fourth-order valence-corrected chi connectivity index (χ4v) is 3.99. The highest BCUT2D eigenvalue weighted by Crippen LogP contribution is 2.40. The van der Waals surface area contributed by atoms with Crippen LogP contribution in [0.15, 0.2) is 17.0 Å². The molecule has 0 aliphatic carbocycles. The van der Waals surface area contributed by atoms with Crippen LogP contribution in [0, 0.1) is 0 Å². The van der Waals surface area contributed by atoms with E-state index >= 15 is 0 Å². The molecule has 1 aromatic carbocycles. The van der Waals surface area contributed by atoms with E-state index in [1.807, 2.05) is 12.1 Å². The number of hydrogen-bond acceptors (Lipinski definition) is 4. The van der Waals surface area contributed by atoms with Crippen molar-refractivity contribution >= 4 is 10.8 Å². The number of hydrogen-bond donors (Lipinski definition) is 1. The van der Waals surface area contributed by atoms with E-state index in [1.54, 1.807) is 0 Å². The van der Waals surface area contributed by atoms with Crippen molar-refractivity contribution in [1.82, 2.24) is 5.32 Å². The van der Waals surface area contributed by atoms with Crippen LogP contribution in [0.3, 0.4) is 0 Å². The summed E-state index contributed by atoms with van der Waals surface area (Å²) in [6.07, 6.45) is 0.900. The standard InChI is InChI=1S/C14H19NO3S/c1-9(2)15-11-3-6-19(16)14-8-13-12(7-10(11)14)17-4-5-18-13/h7-9,11,15H,3-6H2,1-2H3. The van der Waals surface area contributed by atoms with Crippen molar-refractivity contribution in [3.8, 4) is 11.5 Å². The molecule has 5 heteroatoms. The molecule has 1 N–H and O–H groups in total. The van der Waals surface area contributed by atoms with Crippen molar-refractivity contribution in [1.29, 1.82) is 0 Å². The Hall–Kier alpha value is -1.07. The van der Waals surface area contributed by atoms with Crippen LogP contribution in [0.1, 0.15) is 31.9 Å². The monoisotopic (exact) mass is 281 g/mol. The predicted octanol–water partition coefficient (Wildman–Crippen LogP) is 2.01. The van der Waals surface area contributed by atoms with Crippen molar-refractivity contribution in [3.63, 3.8) is 0 Å². The molecule has 4 nitrogen and oxygen atoms in total. The molecule has 0 spiro atoms. The van der Waals surface area contributed by atoms with E-state index in [-0.39, 0.29) is 6.04 Å². The van der Waals surface area contributed by atoms with Gasteiger partial charge in [0, 0.05) is 28.8 Å². The lowest BCUT2D eigenvalue weighted by Gasteiger charge is -2.29. The Labute approximate surface area is 115 Å². The van der Waals surface area contributed by atoms with Crippen LogP contribution in [0.4, 0.5) is 0 Å². The third-order valence-corrected chi connectivity index (χ3v) is 4.87. The maximum Gasteiger partial charge on any atom is 0.162 e. The SMILES string of the molecule is CC(C)NC1CCS(=O)c2cc3c(cc21)OCCO3. The first-order chi connectivity index (χ1) is 9.15. The maximum atomic E-state index is 12.2. The van der Waals surface area contributed by atoms with Crippen molar-refractivity contribution in [2.45, 2.75) is 37.2 Å². The predicted molar refractivity (Wildman–Crippen MR) is 74.3 cm³/mol. The van der Waals surface area contributed by atoms with Gasteiger partial charge in [-0.05, 0) is 18.1 Å². The van der Waals surface area contributed by atoms with Crippen LogP contribution in [-0.2, 0) is 10.8 Å². The van der Waals surface area contributed by atoms with E-state index in [9.17, 15) is 4.21 Å². The molecule has 0 fully saturated rings. The van der Waals surface area contributed by atoms with Gasteiger partial charge in [0.25, 0.3) is 0 Å². The van der Waals surface area contributed by atoms with Crippen LogP contribution in [-0.4, -0.2) is 29.2 Å². The summed E-state index contributed by atoms with van der Waals surface area (Å²) in [5.74, 6) is 2.21. The first-order valence-electron chi connectivity index (χ1n) is 6.73. The summed E-state index contributed by atoms with van der Waals surface area (Å²) >= 11 is 0. The van der Waals surface area contributed by atoms with E-state index in [0.29, 0.717) is 25.0 Å². The molecular formula is C14H19NO3S. The number of rotatable bonds is 2. The zero-order chi connectivity index (χ0) is 13.4. The van der Waals surface area contributed by atoms with Crippen molar-refractivity contribution in [3.05, 3.63) is 17.7 Å². The lowest BCUT2D eigenvalue weighted by Crippen LogP contribution is -2.32. The molecule has 0 bridgehead atoms. The highest BCUT2D eigenvalue weighted by Gasteiger charge is 2.28. The molecule has 2 aliphatic rings. The zero-order valence-corrected chi connectivity index (χ0v) is 12.1. The van der Waals surface area contributed by atoms with Gasteiger partial charge >= 0.3 is 0 Å². The molecule has 3 rings (SSSR count). The Morgan fingerprint density at radius 3 is 2.63 bits per heavy atom.